The molecule has 0 heteroatoms. The van der Waals surface area contributed by atoms with Crippen LogP contribution in [-0.2, 0) is 0 Å². The summed E-state index contributed by atoms with van der Waals surface area (Å²) in [5.74, 6) is 0. The van der Waals surface area contributed by atoms with Crippen LogP contribution in [0.5, 0.6) is 0 Å². The van der Waals surface area contributed by atoms with Crippen LogP contribution in [0.3, 0.4) is 0 Å². The van der Waals surface area contributed by atoms with E-state index >= 15 is 0 Å². The van der Waals surface area contributed by atoms with E-state index in [0.29, 0.717) is 5.41 Å². The van der Waals surface area contributed by atoms with Gasteiger partial charge in [0.25, 0.3) is 0 Å². The molecule has 0 aromatic heterocycles. The summed E-state index contributed by atoms with van der Waals surface area (Å²) in [6, 6.07) is 0. The molecule has 0 nitrogen and oxygen atoms in total. The Bertz CT molecular complexity index is 54.4. The molecule has 1 aliphatic carbocycles. The Morgan fingerprint density at radius 2 is 1.38 bits per heavy atom. The van der Waals surface area contributed by atoms with E-state index in [2.05, 4.69) is 13.8 Å². The van der Waals surface area contributed by atoms with Gasteiger partial charge >= 0.3 is 0 Å². The van der Waals surface area contributed by atoms with Gasteiger partial charge in [-0.15, -0.1) is 0 Å². The SMILES string of the molecule is C.CC1(C)CCCC1. The second-order valence-corrected chi connectivity index (χ2v) is 3.37. The molecule has 1 aliphatic rings. The third kappa shape index (κ3) is 1.85. The van der Waals surface area contributed by atoms with Crippen LogP contribution in [0.2, 0.25) is 0 Å². The van der Waals surface area contributed by atoms with Crippen LogP contribution in [0.25, 0.3) is 0 Å². The molecular formula is C8H18. The average molecular weight is 114 g/mol. The van der Waals surface area contributed by atoms with Gasteiger partial charge in [-0.2, -0.15) is 0 Å². The number of hydrogen-bond donors (Lipinski definition) is 0. The Morgan fingerprint density at radius 3 is 1.50 bits per heavy atom. The lowest BCUT2D eigenvalue weighted by Crippen LogP contribution is -2.01. The minimum absolute atomic E-state index is 0. The molecule has 0 aromatic carbocycles. The van der Waals surface area contributed by atoms with Gasteiger partial charge in [0.15, 0.2) is 0 Å². The first-order valence-electron chi connectivity index (χ1n) is 3.21. The highest BCUT2D eigenvalue weighted by Gasteiger charge is 2.21. The van der Waals surface area contributed by atoms with Crippen LogP contribution in [0, 0.1) is 5.41 Å². The highest BCUT2D eigenvalue weighted by Crippen LogP contribution is 2.36. The summed E-state index contributed by atoms with van der Waals surface area (Å²) in [6.45, 7) is 4.72. The molecule has 0 aliphatic heterocycles. The average Bonchev–Trinajstić information content (AvgIpc) is 1.84. The van der Waals surface area contributed by atoms with Crippen molar-refractivity contribution in [3.63, 3.8) is 0 Å². The molecule has 0 heterocycles. The van der Waals surface area contributed by atoms with Gasteiger partial charge in [-0.3, -0.25) is 0 Å². The van der Waals surface area contributed by atoms with Crippen LogP contribution in [0.1, 0.15) is 47.0 Å². The van der Waals surface area contributed by atoms with Crippen LogP contribution in [0.4, 0.5) is 0 Å². The van der Waals surface area contributed by atoms with E-state index in [1.54, 1.807) is 0 Å². The predicted octanol–water partition coefficient (Wildman–Crippen LogP) is 3.22. The monoisotopic (exact) mass is 114 g/mol. The Balaban J connectivity index is 0.000000490. The highest BCUT2D eigenvalue weighted by atomic mass is 14.3. The molecule has 1 fully saturated rings. The summed E-state index contributed by atoms with van der Waals surface area (Å²) < 4.78 is 0. The Morgan fingerprint density at radius 1 is 1.00 bits per heavy atom. The second-order valence-electron chi connectivity index (χ2n) is 3.37. The lowest BCUT2D eigenvalue weighted by atomic mass is 9.92. The van der Waals surface area contributed by atoms with Crippen LogP contribution in [0.15, 0.2) is 0 Å². The van der Waals surface area contributed by atoms with Crippen LogP contribution >= 0.6 is 0 Å². The normalized spacial score (nSPS) is 24.8. The van der Waals surface area contributed by atoms with E-state index in [1.165, 1.54) is 25.7 Å². The molecule has 0 amide bonds. The first-order valence-corrected chi connectivity index (χ1v) is 3.21. The fourth-order valence-electron chi connectivity index (χ4n) is 1.33. The van der Waals surface area contributed by atoms with E-state index in [4.69, 9.17) is 0 Å². The van der Waals surface area contributed by atoms with E-state index in [0.717, 1.165) is 0 Å². The van der Waals surface area contributed by atoms with Gasteiger partial charge in [-0.05, 0) is 18.3 Å². The zero-order valence-electron chi connectivity index (χ0n) is 5.33. The van der Waals surface area contributed by atoms with Gasteiger partial charge < -0.3 is 0 Å². The van der Waals surface area contributed by atoms with Crippen molar-refractivity contribution in [3.05, 3.63) is 0 Å². The fraction of sp³-hybridized carbons (Fsp3) is 1.00. The second kappa shape index (κ2) is 2.52. The van der Waals surface area contributed by atoms with Crippen molar-refractivity contribution in [1.82, 2.24) is 0 Å². The highest BCUT2D eigenvalue weighted by molar-refractivity contribution is 4.74. The van der Waals surface area contributed by atoms with Gasteiger partial charge in [-0.1, -0.05) is 34.1 Å². The summed E-state index contributed by atoms with van der Waals surface area (Å²) >= 11 is 0. The van der Waals surface area contributed by atoms with Crippen molar-refractivity contribution in [2.75, 3.05) is 0 Å². The Labute approximate surface area is 53.3 Å². The maximum absolute atomic E-state index is 2.36. The quantitative estimate of drug-likeness (QED) is 0.453. The zero-order valence-corrected chi connectivity index (χ0v) is 5.33. The zero-order chi connectivity index (χ0) is 5.33. The van der Waals surface area contributed by atoms with Gasteiger partial charge in [0.2, 0.25) is 0 Å². The van der Waals surface area contributed by atoms with E-state index in [9.17, 15) is 0 Å². The number of hydrogen-bond acceptors (Lipinski definition) is 0. The minimum atomic E-state index is 0. The lowest BCUT2D eigenvalue weighted by Gasteiger charge is -2.13. The van der Waals surface area contributed by atoms with Crippen LogP contribution in [-0.4, -0.2) is 0 Å². The standard InChI is InChI=1S/C7H14.CH4/c1-7(2)5-3-4-6-7;/h3-6H2,1-2H3;1H4. The van der Waals surface area contributed by atoms with E-state index < -0.39 is 0 Å². The van der Waals surface area contributed by atoms with E-state index in [-0.39, 0.29) is 7.43 Å². The maximum Gasteiger partial charge on any atom is -0.0354 e. The van der Waals surface area contributed by atoms with Crippen molar-refractivity contribution in [1.29, 1.82) is 0 Å². The third-order valence-corrected chi connectivity index (χ3v) is 1.96. The molecule has 0 unspecified atom stereocenters. The summed E-state index contributed by atoms with van der Waals surface area (Å²) in [5, 5.41) is 0. The molecule has 1 saturated carbocycles. The van der Waals surface area contributed by atoms with Crippen molar-refractivity contribution < 1.29 is 0 Å². The first kappa shape index (κ1) is 8.00. The van der Waals surface area contributed by atoms with E-state index in [1.807, 2.05) is 0 Å². The molecule has 1 rings (SSSR count). The van der Waals surface area contributed by atoms with Crippen molar-refractivity contribution in [2.45, 2.75) is 47.0 Å². The van der Waals surface area contributed by atoms with Crippen molar-refractivity contribution >= 4 is 0 Å². The molecule has 0 bridgehead atoms. The molecule has 0 N–H and O–H groups in total. The molecule has 0 saturated heterocycles. The van der Waals surface area contributed by atoms with Gasteiger partial charge in [0.05, 0.1) is 0 Å². The van der Waals surface area contributed by atoms with Crippen molar-refractivity contribution in [3.8, 4) is 0 Å². The molecular weight excluding hydrogens is 96.1 g/mol. The molecule has 50 valence electrons. The molecule has 0 radical (unpaired) electrons. The van der Waals surface area contributed by atoms with Crippen LogP contribution < -0.4 is 0 Å². The molecule has 0 atom stereocenters. The Kier molecular flexibility index (Phi) is 2.52. The molecule has 0 spiro atoms. The third-order valence-electron chi connectivity index (χ3n) is 1.96. The van der Waals surface area contributed by atoms with Crippen molar-refractivity contribution in [2.24, 2.45) is 5.41 Å². The van der Waals surface area contributed by atoms with Gasteiger partial charge in [0.1, 0.15) is 0 Å². The summed E-state index contributed by atoms with van der Waals surface area (Å²) in [5.41, 5.74) is 0.694. The molecule has 8 heavy (non-hydrogen) atoms. The maximum atomic E-state index is 2.36. The molecule has 0 aromatic rings. The predicted molar refractivity (Wildman–Crippen MR) is 39.0 cm³/mol. The minimum Gasteiger partial charge on any atom is -0.0776 e. The summed E-state index contributed by atoms with van der Waals surface area (Å²) in [7, 11) is 0. The smallest absolute Gasteiger partial charge is 0.0354 e. The lowest BCUT2D eigenvalue weighted by molar-refractivity contribution is 0.382. The topological polar surface area (TPSA) is 0 Å². The van der Waals surface area contributed by atoms with Gasteiger partial charge in [0, 0.05) is 0 Å². The first-order chi connectivity index (χ1) is 3.21. The summed E-state index contributed by atoms with van der Waals surface area (Å²) in [6.07, 6.45) is 5.83. The van der Waals surface area contributed by atoms with Gasteiger partial charge in [-0.25, -0.2) is 0 Å². The fourth-order valence-corrected chi connectivity index (χ4v) is 1.33. The number of rotatable bonds is 0. The summed E-state index contributed by atoms with van der Waals surface area (Å²) in [4.78, 5) is 0. The Hall–Kier alpha value is 0. The largest absolute Gasteiger partial charge is 0.0776 e.